The summed E-state index contributed by atoms with van der Waals surface area (Å²) in [5.74, 6) is 1.76. The second-order valence-electron chi connectivity index (χ2n) is 7.50. The molecule has 2 aliphatic heterocycles. The van der Waals surface area contributed by atoms with Crippen LogP contribution in [0.4, 0.5) is 0 Å². The lowest BCUT2D eigenvalue weighted by atomic mass is 9.74. The lowest BCUT2D eigenvalue weighted by Crippen LogP contribution is -2.51. The van der Waals surface area contributed by atoms with Gasteiger partial charge in [-0.15, -0.1) is 0 Å². The van der Waals surface area contributed by atoms with E-state index in [2.05, 4.69) is 40.3 Å². The highest BCUT2D eigenvalue weighted by Crippen LogP contribution is 2.35. The molecule has 4 nitrogen and oxygen atoms in total. The quantitative estimate of drug-likeness (QED) is 0.657. The van der Waals surface area contributed by atoms with Crippen molar-refractivity contribution in [1.82, 2.24) is 10.2 Å². The van der Waals surface area contributed by atoms with E-state index in [4.69, 9.17) is 16.3 Å². The average molecular weight is 364 g/mol. The summed E-state index contributed by atoms with van der Waals surface area (Å²) in [6, 6.07) is 8.31. The summed E-state index contributed by atoms with van der Waals surface area (Å²) >= 11 is 6.27. The van der Waals surface area contributed by atoms with Crippen LogP contribution in [0.3, 0.4) is 0 Å². The molecule has 2 aliphatic rings. The molecule has 0 bridgehead atoms. The van der Waals surface area contributed by atoms with Gasteiger partial charge in [0.1, 0.15) is 0 Å². The predicted octanol–water partition coefficient (Wildman–Crippen LogP) is 3.70. The molecule has 1 N–H and O–H groups in total. The molecule has 1 atom stereocenters. The second-order valence-corrected chi connectivity index (χ2v) is 7.93. The Hall–Kier alpha value is -1.26. The number of ether oxygens (including phenoxy) is 1. The number of aliphatic imine (C=N–C) groups is 1. The van der Waals surface area contributed by atoms with E-state index in [1.807, 2.05) is 13.1 Å². The fraction of sp³-hybridized carbons (Fsp3) is 0.650. The Labute approximate surface area is 156 Å². The highest BCUT2D eigenvalue weighted by Gasteiger charge is 2.35. The van der Waals surface area contributed by atoms with Crippen LogP contribution in [0.15, 0.2) is 29.3 Å². The molecule has 0 spiro atoms. The molecule has 2 fully saturated rings. The molecule has 2 saturated heterocycles. The SMILES string of the molecule is CN=C(NCC1(c2cccc(Cl)c2)CCOCC1)N1CCCC(C)C1. The molecule has 0 radical (unpaired) electrons. The number of halogens is 1. The smallest absolute Gasteiger partial charge is 0.193 e. The summed E-state index contributed by atoms with van der Waals surface area (Å²) in [6.07, 6.45) is 4.58. The van der Waals surface area contributed by atoms with Crippen LogP contribution in [0.1, 0.15) is 38.2 Å². The van der Waals surface area contributed by atoms with Crippen LogP contribution in [0.2, 0.25) is 5.02 Å². The van der Waals surface area contributed by atoms with E-state index in [1.54, 1.807) is 0 Å². The summed E-state index contributed by atoms with van der Waals surface area (Å²) in [6.45, 7) is 6.98. The van der Waals surface area contributed by atoms with Crippen LogP contribution in [-0.2, 0) is 10.2 Å². The Morgan fingerprint density at radius 2 is 2.20 bits per heavy atom. The van der Waals surface area contributed by atoms with Crippen molar-refractivity contribution in [3.05, 3.63) is 34.9 Å². The van der Waals surface area contributed by atoms with E-state index in [0.717, 1.165) is 62.6 Å². The average Bonchev–Trinajstić information content (AvgIpc) is 2.63. The number of nitrogens with one attached hydrogen (secondary N) is 1. The number of likely N-dealkylation sites (tertiary alicyclic amines) is 1. The van der Waals surface area contributed by atoms with Gasteiger partial charge in [0, 0.05) is 50.3 Å². The fourth-order valence-corrected chi connectivity index (χ4v) is 4.30. The van der Waals surface area contributed by atoms with Gasteiger partial charge < -0.3 is 15.0 Å². The minimum Gasteiger partial charge on any atom is -0.381 e. The monoisotopic (exact) mass is 363 g/mol. The van der Waals surface area contributed by atoms with E-state index in [1.165, 1.54) is 18.4 Å². The maximum absolute atomic E-state index is 6.27. The van der Waals surface area contributed by atoms with E-state index < -0.39 is 0 Å². The number of nitrogens with zero attached hydrogens (tertiary/aromatic N) is 2. The molecule has 3 rings (SSSR count). The van der Waals surface area contributed by atoms with E-state index in [9.17, 15) is 0 Å². The first-order valence-electron chi connectivity index (χ1n) is 9.42. The van der Waals surface area contributed by atoms with Gasteiger partial charge in [0.25, 0.3) is 0 Å². The van der Waals surface area contributed by atoms with Crippen molar-refractivity contribution in [3.8, 4) is 0 Å². The number of rotatable bonds is 3. The van der Waals surface area contributed by atoms with Crippen molar-refractivity contribution in [1.29, 1.82) is 0 Å². The lowest BCUT2D eigenvalue weighted by Gasteiger charge is -2.40. The molecule has 0 aliphatic carbocycles. The fourth-order valence-electron chi connectivity index (χ4n) is 4.11. The summed E-state index contributed by atoms with van der Waals surface area (Å²) in [5.41, 5.74) is 1.36. The Kier molecular flexibility index (Phi) is 6.24. The second kappa shape index (κ2) is 8.41. The summed E-state index contributed by atoms with van der Waals surface area (Å²) < 4.78 is 5.64. The van der Waals surface area contributed by atoms with Crippen molar-refractivity contribution in [2.45, 2.75) is 38.0 Å². The molecule has 138 valence electrons. The zero-order chi connectivity index (χ0) is 17.7. The van der Waals surface area contributed by atoms with Crippen LogP contribution < -0.4 is 5.32 Å². The third-order valence-electron chi connectivity index (χ3n) is 5.64. The van der Waals surface area contributed by atoms with Crippen LogP contribution >= 0.6 is 11.6 Å². The largest absolute Gasteiger partial charge is 0.381 e. The molecule has 1 aromatic rings. The van der Waals surface area contributed by atoms with Crippen LogP contribution in [0.25, 0.3) is 0 Å². The van der Waals surface area contributed by atoms with Crippen molar-refractivity contribution in [3.63, 3.8) is 0 Å². The minimum atomic E-state index is 0.0560. The van der Waals surface area contributed by atoms with Gasteiger partial charge in [-0.1, -0.05) is 30.7 Å². The zero-order valence-electron chi connectivity index (χ0n) is 15.4. The molecule has 25 heavy (non-hydrogen) atoms. The zero-order valence-corrected chi connectivity index (χ0v) is 16.2. The number of hydrogen-bond donors (Lipinski definition) is 1. The summed E-state index contributed by atoms with van der Waals surface area (Å²) in [7, 11) is 1.89. The Bertz CT molecular complexity index is 598. The van der Waals surface area contributed by atoms with Gasteiger partial charge in [-0.2, -0.15) is 0 Å². The van der Waals surface area contributed by atoms with Crippen LogP contribution in [0.5, 0.6) is 0 Å². The van der Waals surface area contributed by atoms with Crippen LogP contribution in [0, 0.1) is 5.92 Å². The third-order valence-corrected chi connectivity index (χ3v) is 5.88. The van der Waals surface area contributed by atoms with Gasteiger partial charge in [-0.3, -0.25) is 4.99 Å². The Morgan fingerprint density at radius 3 is 2.88 bits per heavy atom. The van der Waals surface area contributed by atoms with E-state index in [-0.39, 0.29) is 5.41 Å². The number of hydrogen-bond acceptors (Lipinski definition) is 2. The van der Waals surface area contributed by atoms with Crippen molar-refractivity contribution >= 4 is 17.6 Å². The predicted molar refractivity (Wildman–Crippen MR) is 105 cm³/mol. The normalized spacial score (nSPS) is 24.2. The van der Waals surface area contributed by atoms with Gasteiger partial charge in [-0.25, -0.2) is 0 Å². The molecule has 0 saturated carbocycles. The van der Waals surface area contributed by atoms with E-state index >= 15 is 0 Å². The lowest BCUT2D eigenvalue weighted by molar-refractivity contribution is 0.0511. The van der Waals surface area contributed by atoms with Gasteiger partial charge in [0.15, 0.2) is 5.96 Å². The highest BCUT2D eigenvalue weighted by atomic mass is 35.5. The molecular formula is C20H30ClN3O. The Morgan fingerprint density at radius 1 is 1.40 bits per heavy atom. The van der Waals surface area contributed by atoms with Crippen LogP contribution in [-0.4, -0.2) is 50.8 Å². The number of piperidine rings is 1. The van der Waals surface area contributed by atoms with Gasteiger partial charge in [0.05, 0.1) is 0 Å². The molecular weight excluding hydrogens is 334 g/mol. The molecule has 2 heterocycles. The third kappa shape index (κ3) is 4.48. The minimum absolute atomic E-state index is 0.0560. The molecule has 1 unspecified atom stereocenters. The standard InChI is InChI=1S/C20H30ClN3O/c1-16-5-4-10-24(14-16)19(22-2)23-15-20(8-11-25-12-9-20)17-6-3-7-18(21)13-17/h3,6-7,13,16H,4-5,8-12,14-15H2,1-2H3,(H,22,23). The number of guanidine groups is 1. The number of benzene rings is 1. The van der Waals surface area contributed by atoms with Crippen molar-refractivity contribution in [2.24, 2.45) is 10.9 Å². The first kappa shape index (κ1) is 18.5. The van der Waals surface area contributed by atoms with Gasteiger partial charge in [0.2, 0.25) is 0 Å². The summed E-state index contributed by atoms with van der Waals surface area (Å²) in [4.78, 5) is 6.95. The molecule has 0 aromatic heterocycles. The summed E-state index contributed by atoms with van der Waals surface area (Å²) in [5, 5.41) is 4.47. The van der Waals surface area contributed by atoms with Gasteiger partial charge >= 0.3 is 0 Å². The first-order valence-corrected chi connectivity index (χ1v) is 9.80. The van der Waals surface area contributed by atoms with Gasteiger partial charge in [-0.05, 0) is 49.3 Å². The highest BCUT2D eigenvalue weighted by molar-refractivity contribution is 6.30. The topological polar surface area (TPSA) is 36.9 Å². The van der Waals surface area contributed by atoms with E-state index in [0.29, 0.717) is 0 Å². The van der Waals surface area contributed by atoms with Crippen molar-refractivity contribution in [2.75, 3.05) is 39.9 Å². The molecule has 5 heteroatoms. The first-order chi connectivity index (χ1) is 12.1. The molecule has 1 aromatic carbocycles. The maximum atomic E-state index is 6.27. The molecule has 0 amide bonds. The maximum Gasteiger partial charge on any atom is 0.193 e. The Balaban J connectivity index is 1.74. The van der Waals surface area contributed by atoms with Crippen molar-refractivity contribution < 1.29 is 4.74 Å².